The zero-order valence-electron chi connectivity index (χ0n) is 16.5. The fourth-order valence-corrected chi connectivity index (χ4v) is 4.27. The van der Waals surface area contributed by atoms with Gasteiger partial charge in [-0.2, -0.15) is 0 Å². The van der Waals surface area contributed by atoms with Gasteiger partial charge in [-0.15, -0.1) is 0 Å². The number of rotatable bonds is 2. The van der Waals surface area contributed by atoms with Crippen LogP contribution < -0.4 is 10.4 Å². The van der Waals surface area contributed by atoms with E-state index in [4.69, 9.17) is 0 Å². The highest BCUT2D eigenvalue weighted by Crippen LogP contribution is 2.41. The molecule has 6 N–H and O–H groups in total. The van der Waals surface area contributed by atoms with E-state index in [1.165, 1.54) is 0 Å². The minimum Gasteiger partial charge on any atom is -0.515 e. The third-order valence-corrected chi connectivity index (χ3v) is 5.61. The summed E-state index contributed by atoms with van der Waals surface area (Å²) in [6.07, 6.45) is 1.35. The second-order valence-electron chi connectivity index (χ2n) is 7.22. The van der Waals surface area contributed by atoms with E-state index in [2.05, 4.69) is 0 Å². The van der Waals surface area contributed by atoms with Gasteiger partial charge in [-0.3, -0.25) is 9.13 Å². The van der Waals surface area contributed by atoms with Crippen LogP contribution in [0.5, 0.6) is 23.5 Å². The van der Waals surface area contributed by atoms with Crippen LogP contribution >= 0.6 is 0 Å². The number of para-hydroxylation sites is 2. The quantitative estimate of drug-likeness (QED) is 0.255. The third-order valence-electron chi connectivity index (χ3n) is 5.61. The summed E-state index contributed by atoms with van der Waals surface area (Å²) >= 11 is 0. The lowest BCUT2D eigenvalue weighted by Crippen LogP contribution is -2.12. The molecule has 8 heteroatoms. The second-order valence-corrected chi connectivity index (χ2v) is 7.22. The number of aromatic hydroxyl groups is 4. The summed E-state index contributed by atoms with van der Waals surface area (Å²) in [7, 11) is 0. The fourth-order valence-electron chi connectivity index (χ4n) is 4.27. The second kappa shape index (κ2) is 6.92. The van der Waals surface area contributed by atoms with Gasteiger partial charge < -0.3 is 30.6 Å². The van der Waals surface area contributed by atoms with E-state index in [0.29, 0.717) is 23.9 Å². The molecule has 0 saturated heterocycles. The minimum absolute atomic E-state index is 0.0119. The largest absolute Gasteiger partial charge is 0.515 e. The summed E-state index contributed by atoms with van der Waals surface area (Å²) in [6.45, 7) is 0. The number of aliphatic hydroxyl groups is 2. The molecule has 5 rings (SSSR count). The first-order chi connectivity index (χ1) is 15.5. The Kier molecular flexibility index (Phi) is 4.16. The van der Waals surface area contributed by atoms with Gasteiger partial charge in [-0.05, 0) is 24.3 Å². The smallest absolute Gasteiger partial charge is 0.207 e. The average molecular weight is 430 g/mol. The summed E-state index contributed by atoms with van der Waals surface area (Å²) < 4.78 is 2.28. The van der Waals surface area contributed by atoms with Gasteiger partial charge in [0.2, 0.25) is 23.5 Å². The standard InChI is InChI=1S/C24H18N2O6/c27-11-15-17-18(22(30)25(21(17)29)13-7-3-1-4-8-13)16(12-28)20-19(15)23(31)26(24(20)32)14-9-5-2-6-10-14/h1-12,27-32H. The maximum absolute atomic E-state index is 11.0. The van der Waals surface area contributed by atoms with Crippen LogP contribution in [0.4, 0.5) is 0 Å². The van der Waals surface area contributed by atoms with Crippen LogP contribution in [0.1, 0.15) is 0 Å². The SMILES string of the molecule is OC=c1c2c(O)n(-c3ccccc3)c(O)c2c(=CO)c2c(O)n(-c3ccccc3)c(O)c12. The number of fused-ring (bicyclic) bond motifs is 2. The van der Waals surface area contributed by atoms with E-state index in [9.17, 15) is 30.6 Å². The van der Waals surface area contributed by atoms with E-state index in [0.717, 1.165) is 9.13 Å². The molecule has 32 heavy (non-hydrogen) atoms. The number of hydrogen-bond donors (Lipinski definition) is 6. The monoisotopic (exact) mass is 430 g/mol. The van der Waals surface area contributed by atoms with Crippen molar-refractivity contribution in [3.63, 3.8) is 0 Å². The molecule has 160 valence electrons. The molecule has 0 saturated carbocycles. The highest BCUT2D eigenvalue weighted by molar-refractivity contribution is 6.09. The molecule has 2 aromatic heterocycles. The van der Waals surface area contributed by atoms with Crippen molar-refractivity contribution >= 4 is 34.1 Å². The number of aromatic nitrogens is 2. The molecule has 0 aliphatic rings. The molecule has 0 bridgehead atoms. The zero-order valence-corrected chi connectivity index (χ0v) is 16.5. The van der Waals surface area contributed by atoms with Crippen molar-refractivity contribution < 1.29 is 30.6 Å². The number of benzene rings is 3. The van der Waals surface area contributed by atoms with Crippen molar-refractivity contribution in [2.24, 2.45) is 0 Å². The van der Waals surface area contributed by atoms with Crippen molar-refractivity contribution in [2.75, 3.05) is 0 Å². The number of hydrogen-bond acceptors (Lipinski definition) is 6. The molecule has 3 aromatic carbocycles. The van der Waals surface area contributed by atoms with Crippen molar-refractivity contribution in [3.05, 3.63) is 71.1 Å². The molecule has 0 amide bonds. The van der Waals surface area contributed by atoms with Gasteiger partial charge in [-0.25, -0.2) is 0 Å². The summed E-state index contributed by atoms with van der Waals surface area (Å²) in [4.78, 5) is 0. The van der Waals surface area contributed by atoms with Gasteiger partial charge in [0.05, 0.1) is 45.4 Å². The van der Waals surface area contributed by atoms with Crippen LogP contribution in [0.3, 0.4) is 0 Å². The Hall–Kier alpha value is -4.72. The van der Waals surface area contributed by atoms with E-state index in [1.54, 1.807) is 60.7 Å². The van der Waals surface area contributed by atoms with Crippen molar-refractivity contribution in [3.8, 4) is 34.9 Å². The Labute approximate surface area is 180 Å². The average Bonchev–Trinajstić information content (AvgIpc) is 3.23. The van der Waals surface area contributed by atoms with E-state index in [1.807, 2.05) is 0 Å². The molecule has 8 nitrogen and oxygen atoms in total. The Balaban J connectivity index is 2.06. The molecular weight excluding hydrogens is 412 g/mol. The van der Waals surface area contributed by atoms with Crippen LogP contribution in [0.2, 0.25) is 0 Å². The summed E-state index contributed by atoms with van der Waals surface area (Å²) in [5, 5.41) is 64.1. The van der Waals surface area contributed by atoms with Crippen LogP contribution in [0, 0.1) is 0 Å². The topological polar surface area (TPSA) is 131 Å². The Morgan fingerprint density at radius 3 is 1.00 bits per heavy atom. The minimum atomic E-state index is -0.416. The van der Waals surface area contributed by atoms with Gasteiger partial charge in [0, 0.05) is 10.4 Å². The summed E-state index contributed by atoms with van der Waals surface area (Å²) in [5.74, 6) is -1.67. The Morgan fingerprint density at radius 1 is 0.469 bits per heavy atom. The van der Waals surface area contributed by atoms with Crippen LogP contribution in [-0.2, 0) is 0 Å². The van der Waals surface area contributed by atoms with E-state index in [-0.39, 0.29) is 32.0 Å². The summed E-state index contributed by atoms with van der Waals surface area (Å²) in [6, 6.07) is 17.0. The Bertz CT molecular complexity index is 1420. The summed E-state index contributed by atoms with van der Waals surface area (Å²) in [5.41, 5.74) is 0.859. The molecule has 5 aromatic rings. The molecule has 0 unspecified atom stereocenters. The first-order valence-electron chi connectivity index (χ1n) is 9.65. The van der Waals surface area contributed by atoms with Crippen molar-refractivity contribution in [1.82, 2.24) is 9.13 Å². The predicted octanol–water partition coefficient (Wildman–Crippen LogP) is 2.99. The van der Waals surface area contributed by atoms with Gasteiger partial charge >= 0.3 is 0 Å². The molecule has 0 aliphatic heterocycles. The van der Waals surface area contributed by atoms with Gasteiger partial charge in [0.25, 0.3) is 0 Å². The molecular formula is C24H18N2O6. The van der Waals surface area contributed by atoms with Crippen molar-refractivity contribution in [2.45, 2.75) is 0 Å². The normalized spacial score (nSPS) is 11.2. The lowest BCUT2D eigenvalue weighted by Gasteiger charge is -2.06. The van der Waals surface area contributed by atoms with Crippen LogP contribution in [0.25, 0.3) is 45.4 Å². The molecule has 0 fully saturated rings. The third kappa shape index (κ3) is 2.37. The van der Waals surface area contributed by atoms with Gasteiger partial charge in [0.1, 0.15) is 0 Å². The lowest BCUT2D eigenvalue weighted by atomic mass is 10.0. The lowest BCUT2D eigenvalue weighted by molar-refractivity contribution is 0.406. The highest BCUT2D eigenvalue weighted by Gasteiger charge is 2.27. The molecule has 0 radical (unpaired) electrons. The first-order valence-corrected chi connectivity index (χ1v) is 9.65. The molecule has 0 aliphatic carbocycles. The maximum atomic E-state index is 11.0. The number of nitrogens with zero attached hydrogens (tertiary/aromatic N) is 2. The maximum Gasteiger partial charge on any atom is 0.207 e. The molecule has 0 atom stereocenters. The molecule has 2 heterocycles. The van der Waals surface area contributed by atoms with E-state index >= 15 is 0 Å². The fraction of sp³-hybridized carbons (Fsp3) is 0. The predicted molar refractivity (Wildman–Crippen MR) is 120 cm³/mol. The highest BCUT2D eigenvalue weighted by atomic mass is 16.3. The van der Waals surface area contributed by atoms with Gasteiger partial charge in [-0.1, -0.05) is 36.4 Å². The molecule has 0 spiro atoms. The van der Waals surface area contributed by atoms with Crippen LogP contribution in [-0.4, -0.2) is 39.8 Å². The van der Waals surface area contributed by atoms with Crippen LogP contribution in [0.15, 0.2) is 60.7 Å². The first kappa shape index (κ1) is 19.3. The number of aliphatic hydroxyl groups excluding tert-OH is 2. The van der Waals surface area contributed by atoms with Gasteiger partial charge in [0.15, 0.2) is 0 Å². The van der Waals surface area contributed by atoms with E-state index < -0.39 is 23.5 Å². The van der Waals surface area contributed by atoms with Crippen molar-refractivity contribution in [1.29, 1.82) is 0 Å². The zero-order chi connectivity index (χ0) is 22.6. The Morgan fingerprint density at radius 2 is 0.750 bits per heavy atom.